The lowest BCUT2D eigenvalue weighted by Gasteiger charge is -2.21. The van der Waals surface area contributed by atoms with Gasteiger partial charge in [-0.1, -0.05) is 330 Å². The lowest BCUT2D eigenvalue weighted by atomic mass is 10.0. The second kappa shape index (κ2) is 66.3. The van der Waals surface area contributed by atoms with Crippen LogP contribution in [0, 0.1) is 5.92 Å². The molecule has 0 radical (unpaired) electrons. The molecule has 0 saturated carbocycles. The first-order valence-corrected chi connectivity index (χ1v) is 41.1. The molecular formula is C73H142O17P2. The molecule has 0 aromatic heterocycles. The summed E-state index contributed by atoms with van der Waals surface area (Å²) >= 11 is 0. The van der Waals surface area contributed by atoms with Gasteiger partial charge in [0.2, 0.25) is 0 Å². The number of phosphoric acid groups is 2. The maximum atomic E-state index is 13.1. The fourth-order valence-electron chi connectivity index (χ4n) is 11.2. The number of carbonyl (C=O) groups is 4. The van der Waals surface area contributed by atoms with Crippen LogP contribution in [-0.2, 0) is 65.4 Å². The van der Waals surface area contributed by atoms with E-state index in [9.17, 15) is 43.2 Å². The highest BCUT2D eigenvalue weighted by Gasteiger charge is 2.30. The van der Waals surface area contributed by atoms with Gasteiger partial charge in [-0.05, 0) is 31.6 Å². The molecule has 19 heteroatoms. The van der Waals surface area contributed by atoms with Crippen LogP contribution in [0.2, 0.25) is 0 Å². The Morgan fingerprint density at radius 1 is 0.293 bits per heavy atom. The summed E-state index contributed by atoms with van der Waals surface area (Å²) in [4.78, 5) is 72.4. The van der Waals surface area contributed by atoms with Gasteiger partial charge in [0, 0.05) is 25.7 Å². The van der Waals surface area contributed by atoms with Crippen molar-refractivity contribution in [2.75, 3.05) is 39.6 Å². The number of phosphoric ester groups is 2. The molecule has 0 aromatic carbocycles. The molecule has 5 atom stereocenters. The van der Waals surface area contributed by atoms with Crippen molar-refractivity contribution in [3.8, 4) is 0 Å². The molecular weight excluding hydrogens is 1210 g/mol. The maximum Gasteiger partial charge on any atom is 0.472 e. The number of hydrogen-bond acceptors (Lipinski definition) is 15. The molecule has 0 bridgehead atoms. The largest absolute Gasteiger partial charge is 0.472 e. The Bertz CT molecular complexity index is 1770. The van der Waals surface area contributed by atoms with E-state index in [2.05, 4.69) is 34.6 Å². The first kappa shape index (κ1) is 90.1. The summed E-state index contributed by atoms with van der Waals surface area (Å²) in [5.74, 6) is -1.36. The van der Waals surface area contributed by atoms with Gasteiger partial charge in [0.05, 0.1) is 26.4 Å². The highest BCUT2D eigenvalue weighted by molar-refractivity contribution is 7.47. The van der Waals surface area contributed by atoms with E-state index in [1.807, 2.05) is 0 Å². The summed E-state index contributed by atoms with van der Waals surface area (Å²) in [6, 6.07) is 0. The minimum atomic E-state index is -4.95. The van der Waals surface area contributed by atoms with Crippen molar-refractivity contribution < 1.29 is 80.2 Å². The van der Waals surface area contributed by atoms with Crippen molar-refractivity contribution in [2.45, 2.75) is 400 Å². The Balaban J connectivity index is 5.11. The van der Waals surface area contributed by atoms with E-state index < -0.39 is 97.5 Å². The molecule has 0 aromatic rings. The van der Waals surface area contributed by atoms with Gasteiger partial charge in [0.1, 0.15) is 19.3 Å². The van der Waals surface area contributed by atoms with Gasteiger partial charge in [-0.3, -0.25) is 37.3 Å². The molecule has 0 saturated heterocycles. The lowest BCUT2D eigenvalue weighted by molar-refractivity contribution is -0.161. The van der Waals surface area contributed by atoms with Gasteiger partial charge in [0.15, 0.2) is 12.2 Å². The van der Waals surface area contributed by atoms with Crippen molar-refractivity contribution in [3.05, 3.63) is 0 Å². The predicted octanol–water partition coefficient (Wildman–Crippen LogP) is 21.3. The number of carbonyl (C=O) groups excluding carboxylic acids is 4. The molecule has 546 valence electrons. The predicted molar refractivity (Wildman–Crippen MR) is 372 cm³/mol. The Hall–Kier alpha value is -1.94. The Morgan fingerprint density at radius 3 is 0.739 bits per heavy atom. The quantitative estimate of drug-likeness (QED) is 0.0222. The normalized spacial score (nSPS) is 14.0. The van der Waals surface area contributed by atoms with Crippen molar-refractivity contribution >= 4 is 39.5 Å². The van der Waals surface area contributed by atoms with Gasteiger partial charge in [-0.15, -0.1) is 0 Å². The molecule has 0 spiro atoms. The van der Waals surface area contributed by atoms with Crippen LogP contribution in [0.25, 0.3) is 0 Å². The van der Waals surface area contributed by atoms with E-state index in [4.69, 9.17) is 37.0 Å². The Morgan fingerprint density at radius 2 is 0.500 bits per heavy atom. The number of ether oxygens (including phenoxy) is 4. The summed E-state index contributed by atoms with van der Waals surface area (Å²) in [7, 11) is -9.89. The monoisotopic (exact) mass is 1350 g/mol. The van der Waals surface area contributed by atoms with Crippen molar-refractivity contribution in [1.82, 2.24) is 0 Å². The minimum absolute atomic E-state index is 0.107. The van der Waals surface area contributed by atoms with E-state index in [0.717, 1.165) is 102 Å². The first-order valence-electron chi connectivity index (χ1n) is 38.1. The third-order valence-corrected chi connectivity index (χ3v) is 18.9. The van der Waals surface area contributed by atoms with E-state index in [-0.39, 0.29) is 25.7 Å². The first-order chi connectivity index (χ1) is 44.5. The molecule has 0 aliphatic rings. The summed E-state index contributed by atoms with van der Waals surface area (Å²) in [6.45, 7) is 7.18. The molecule has 3 N–H and O–H groups in total. The molecule has 0 aliphatic carbocycles. The number of esters is 4. The maximum absolute atomic E-state index is 13.1. The van der Waals surface area contributed by atoms with Crippen molar-refractivity contribution in [3.63, 3.8) is 0 Å². The zero-order valence-corrected chi connectivity index (χ0v) is 61.5. The van der Waals surface area contributed by atoms with Crippen molar-refractivity contribution in [1.29, 1.82) is 0 Å². The Kier molecular flexibility index (Phi) is 64.9. The third-order valence-electron chi connectivity index (χ3n) is 17.0. The van der Waals surface area contributed by atoms with E-state index in [1.165, 1.54) is 199 Å². The molecule has 0 rings (SSSR count). The van der Waals surface area contributed by atoms with Gasteiger partial charge in [-0.2, -0.15) is 0 Å². The number of rotatable bonds is 73. The van der Waals surface area contributed by atoms with E-state index >= 15 is 0 Å². The van der Waals surface area contributed by atoms with Crippen LogP contribution in [0.15, 0.2) is 0 Å². The number of hydrogen-bond donors (Lipinski definition) is 3. The van der Waals surface area contributed by atoms with Crippen LogP contribution in [0.4, 0.5) is 0 Å². The number of aliphatic hydroxyl groups is 1. The minimum Gasteiger partial charge on any atom is -0.462 e. The van der Waals surface area contributed by atoms with Gasteiger partial charge in [-0.25, -0.2) is 9.13 Å². The van der Waals surface area contributed by atoms with Crippen LogP contribution >= 0.6 is 15.6 Å². The number of unbranched alkanes of at least 4 members (excludes halogenated alkanes) is 45. The van der Waals surface area contributed by atoms with E-state index in [0.29, 0.717) is 25.7 Å². The molecule has 0 fully saturated rings. The fraction of sp³-hybridized carbons (Fsp3) is 0.945. The van der Waals surface area contributed by atoms with Crippen LogP contribution in [0.5, 0.6) is 0 Å². The molecule has 0 aliphatic heterocycles. The van der Waals surface area contributed by atoms with Crippen LogP contribution in [0.3, 0.4) is 0 Å². The van der Waals surface area contributed by atoms with Crippen LogP contribution in [-0.4, -0.2) is 96.7 Å². The fourth-order valence-corrected chi connectivity index (χ4v) is 12.8. The summed E-state index contributed by atoms with van der Waals surface area (Å²) in [6.07, 6.45) is 54.6. The summed E-state index contributed by atoms with van der Waals surface area (Å²) < 4.78 is 68.2. The Labute approximate surface area is 562 Å². The van der Waals surface area contributed by atoms with Crippen molar-refractivity contribution in [2.24, 2.45) is 5.92 Å². The molecule has 0 heterocycles. The highest BCUT2D eigenvalue weighted by atomic mass is 31.2. The second-order valence-electron chi connectivity index (χ2n) is 26.8. The van der Waals surface area contributed by atoms with E-state index in [1.54, 1.807) is 0 Å². The zero-order chi connectivity index (χ0) is 67.7. The SMILES string of the molecule is CCCCCCCCCCCCCCCCCCCCCCCC(=O)O[C@H](COC(=O)CCCCCCCCCCCCCC(C)C)COP(=O)(O)OC[C@@H](O)COP(=O)(O)OC[C@@H](COC(=O)CCCCCCC)OC(=O)CCCCCCCCCCCCCC. The average molecular weight is 1350 g/mol. The zero-order valence-electron chi connectivity index (χ0n) is 59.7. The topological polar surface area (TPSA) is 237 Å². The van der Waals surface area contributed by atoms with Gasteiger partial charge < -0.3 is 33.8 Å². The van der Waals surface area contributed by atoms with Gasteiger partial charge >= 0.3 is 39.5 Å². The standard InChI is InChI=1S/C73H142O17P2/c1-6-9-12-15-17-19-21-23-24-25-26-27-28-29-30-31-35-40-44-49-54-59-73(78)90-69(63-84-71(76)57-52-47-42-38-36-32-33-37-41-46-50-55-66(4)5)65-88-92(81,82)86-61-67(74)60-85-91(79,80)87-64-68(62-83-70(75)56-51-45-14-11-8-3)89-72(77)58-53-48-43-39-34-22-20-18-16-13-10-7-2/h66-69,74H,6-65H2,1-5H3,(H,79,80)(H,81,82)/t67-,68+,69+/m0/s1. The smallest absolute Gasteiger partial charge is 0.462 e. The summed E-state index contributed by atoms with van der Waals surface area (Å²) in [5, 5.41) is 10.6. The molecule has 17 nitrogen and oxygen atoms in total. The summed E-state index contributed by atoms with van der Waals surface area (Å²) in [5.41, 5.74) is 0. The second-order valence-corrected chi connectivity index (χ2v) is 29.7. The number of aliphatic hydroxyl groups excluding tert-OH is 1. The third kappa shape index (κ3) is 66.7. The van der Waals surface area contributed by atoms with Crippen LogP contribution in [0.1, 0.15) is 381 Å². The lowest BCUT2D eigenvalue weighted by Crippen LogP contribution is -2.30. The average Bonchev–Trinajstić information content (AvgIpc) is 1.76. The molecule has 92 heavy (non-hydrogen) atoms. The molecule has 2 unspecified atom stereocenters. The highest BCUT2D eigenvalue weighted by Crippen LogP contribution is 2.45. The van der Waals surface area contributed by atoms with Gasteiger partial charge in [0.25, 0.3) is 0 Å². The van der Waals surface area contributed by atoms with Crippen LogP contribution < -0.4 is 0 Å². The molecule has 0 amide bonds.